The van der Waals surface area contributed by atoms with Crippen LogP contribution in [-0.4, -0.2) is 61.3 Å². The zero-order valence-electron chi connectivity index (χ0n) is 18.8. The van der Waals surface area contributed by atoms with E-state index in [9.17, 15) is 9.59 Å². The molecule has 1 aromatic rings. The van der Waals surface area contributed by atoms with Gasteiger partial charge in [0.2, 0.25) is 0 Å². The lowest BCUT2D eigenvalue weighted by Crippen LogP contribution is -2.65. The highest BCUT2D eigenvalue weighted by Crippen LogP contribution is 2.39. The van der Waals surface area contributed by atoms with Crippen molar-refractivity contribution in [3.8, 4) is 0 Å². The molecule has 3 rings (SSSR count). The van der Waals surface area contributed by atoms with Gasteiger partial charge >= 0.3 is 6.09 Å². The number of nitrogens with two attached hydrogens (primary N) is 1. The van der Waals surface area contributed by atoms with E-state index in [-0.39, 0.29) is 29.1 Å². The zero-order valence-corrected chi connectivity index (χ0v) is 18.8. The van der Waals surface area contributed by atoms with Gasteiger partial charge in [0.1, 0.15) is 5.60 Å². The lowest BCUT2D eigenvalue weighted by Gasteiger charge is -2.54. The molecule has 3 N–H and O–H groups in total. The molecular weight excluding hydrogens is 370 g/mol. The molecule has 2 amide bonds. The highest BCUT2D eigenvalue weighted by atomic mass is 16.6. The minimum Gasteiger partial charge on any atom is -0.444 e. The van der Waals surface area contributed by atoms with Crippen LogP contribution in [0.1, 0.15) is 83.1 Å². The molecule has 29 heavy (non-hydrogen) atoms. The first-order valence-electron chi connectivity index (χ1n) is 10.4. The first kappa shape index (κ1) is 21.6. The number of carbonyl (C=O) groups excluding carboxylic acids is 2. The number of ether oxygens (including phenoxy) is 1. The van der Waals surface area contributed by atoms with Gasteiger partial charge in [-0.2, -0.15) is 5.10 Å². The van der Waals surface area contributed by atoms with Crippen molar-refractivity contribution in [3.63, 3.8) is 0 Å². The Kier molecular flexibility index (Phi) is 5.22. The minimum absolute atomic E-state index is 0.0554. The van der Waals surface area contributed by atoms with Gasteiger partial charge in [-0.3, -0.25) is 9.89 Å². The minimum atomic E-state index is -0.562. The average molecular weight is 406 g/mol. The second kappa shape index (κ2) is 7.00. The number of rotatable bonds is 1. The summed E-state index contributed by atoms with van der Waals surface area (Å²) in [5, 5.41) is 7.38. The van der Waals surface area contributed by atoms with Gasteiger partial charge in [0.25, 0.3) is 5.91 Å². The number of hydrogen-bond acceptors (Lipinski definition) is 5. The van der Waals surface area contributed by atoms with Crippen LogP contribution in [0.25, 0.3) is 0 Å². The van der Waals surface area contributed by atoms with Gasteiger partial charge in [-0.25, -0.2) is 4.79 Å². The van der Waals surface area contributed by atoms with Crippen LogP contribution in [0, 0.1) is 0 Å². The number of nitrogens with one attached hydrogen (secondary N) is 1. The van der Waals surface area contributed by atoms with E-state index in [1.807, 2.05) is 25.7 Å². The van der Waals surface area contributed by atoms with Crippen LogP contribution in [0.4, 0.5) is 4.79 Å². The van der Waals surface area contributed by atoms with Crippen LogP contribution in [-0.2, 0) is 17.7 Å². The summed E-state index contributed by atoms with van der Waals surface area (Å²) < 4.78 is 5.51. The first-order valence-corrected chi connectivity index (χ1v) is 10.4. The van der Waals surface area contributed by atoms with Crippen molar-refractivity contribution >= 4 is 12.0 Å². The van der Waals surface area contributed by atoms with Crippen LogP contribution < -0.4 is 5.73 Å². The van der Waals surface area contributed by atoms with Crippen molar-refractivity contribution < 1.29 is 14.3 Å². The fourth-order valence-electron chi connectivity index (χ4n) is 4.97. The van der Waals surface area contributed by atoms with Crippen molar-refractivity contribution in [3.05, 3.63) is 17.0 Å². The second-order valence-electron chi connectivity index (χ2n) is 10.6. The second-order valence-corrected chi connectivity index (χ2v) is 10.6. The van der Waals surface area contributed by atoms with Crippen LogP contribution in [0.2, 0.25) is 0 Å². The smallest absolute Gasteiger partial charge is 0.410 e. The van der Waals surface area contributed by atoms with Gasteiger partial charge in [-0.05, 0) is 61.3 Å². The number of hydrogen-bond donors (Lipinski definition) is 2. The van der Waals surface area contributed by atoms with Crippen molar-refractivity contribution in [2.45, 2.75) is 97.0 Å². The number of aromatic amines is 1. The van der Waals surface area contributed by atoms with Crippen molar-refractivity contribution in [1.29, 1.82) is 0 Å². The normalized spacial score (nSPS) is 21.7. The maximum Gasteiger partial charge on any atom is 0.410 e. The molecular formula is C21H35N5O3. The molecule has 3 heterocycles. The van der Waals surface area contributed by atoms with Gasteiger partial charge in [0.15, 0.2) is 5.69 Å². The Balaban J connectivity index is 1.88. The molecule has 0 atom stereocenters. The summed E-state index contributed by atoms with van der Waals surface area (Å²) in [5.41, 5.74) is 7.02. The first-order chi connectivity index (χ1) is 13.2. The lowest BCUT2D eigenvalue weighted by molar-refractivity contribution is -0.0179. The summed E-state index contributed by atoms with van der Waals surface area (Å²) >= 11 is 0. The van der Waals surface area contributed by atoms with E-state index in [1.165, 1.54) is 0 Å². The Morgan fingerprint density at radius 1 is 1.17 bits per heavy atom. The summed E-state index contributed by atoms with van der Waals surface area (Å²) in [7, 11) is 0. The van der Waals surface area contributed by atoms with Crippen LogP contribution in [0.3, 0.4) is 0 Å². The molecule has 0 radical (unpaired) electrons. The molecule has 0 bridgehead atoms. The third-order valence-corrected chi connectivity index (χ3v) is 5.72. The number of amides is 2. The van der Waals surface area contributed by atoms with E-state index in [0.29, 0.717) is 25.2 Å². The Labute approximate surface area is 173 Å². The van der Waals surface area contributed by atoms with Gasteiger partial charge in [-0.1, -0.05) is 0 Å². The molecule has 8 nitrogen and oxygen atoms in total. The molecule has 1 fully saturated rings. The quantitative estimate of drug-likeness (QED) is 0.747. The topological polar surface area (TPSA) is 105 Å². The molecule has 0 saturated carbocycles. The largest absolute Gasteiger partial charge is 0.444 e. The number of H-pyrrole nitrogens is 1. The van der Waals surface area contributed by atoms with Gasteiger partial charge in [0, 0.05) is 41.3 Å². The maximum atomic E-state index is 13.6. The fraction of sp³-hybridized carbons (Fsp3) is 0.762. The summed E-state index contributed by atoms with van der Waals surface area (Å²) in [4.78, 5) is 29.7. The van der Waals surface area contributed by atoms with Crippen molar-refractivity contribution in [2.75, 3.05) is 6.54 Å². The third-order valence-electron chi connectivity index (χ3n) is 5.72. The van der Waals surface area contributed by atoms with Crippen molar-refractivity contribution in [1.82, 2.24) is 20.0 Å². The number of fused-ring (bicyclic) bond motifs is 1. The molecule has 2 aliphatic heterocycles. The molecule has 1 aromatic heterocycles. The van der Waals surface area contributed by atoms with Crippen LogP contribution >= 0.6 is 0 Å². The Morgan fingerprint density at radius 3 is 2.31 bits per heavy atom. The number of nitrogens with zero attached hydrogens (tertiary/aromatic N) is 3. The number of piperidine rings is 1. The standard InChI is InChI=1S/C21H35N5O3/c1-19(2,3)29-18(28)25-9-8-15-14(12-25)16(24-23-15)17(27)26-20(4,5)10-13(22)11-21(26,6)7/h13H,8-12,22H2,1-7H3,(H,23,24). The molecule has 0 aliphatic carbocycles. The van der Waals surface area contributed by atoms with E-state index in [4.69, 9.17) is 10.5 Å². The molecule has 1 saturated heterocycles. The van der Waals surface area contributed by atoms with Gasteiger partial charge in [-0.15, -0.1) is 0 Å². The van der Waals surface area contributed by atoms with Gasteiger partial charge in [0.05, 0.1) is 6.54 Å². The van der Waals surface area contributed by atoms with E-state index in [0.717, 1.165) is 24.1 Å². The van der Waals surface area contributed by atoms with E-state index >= 15 is 0 Å². The maximum absolute atomic E-state index is 13.6. The number of carbonyl (C=O) groups is 2. The SMILES string of the molecule is CC(C)(C)OC(=O)N1CCc2[nH]nc(C(=O)N3C(C)(C)CC(N)CC3(C)C)c2C1. The van der Waals surface area contributed by atoms with Gasteiger partial charge < -0.3 is 20.3 Å². The van der Waals surface area contributed by atoms with E-state index < -0.39 is 5.60 Å². The molecule has 0 unspecified atom stereocenters. The predicted molar refractivity (Wildman–Crippen MR) is 110 cm³/mol. The number of aromatic nitrogens is 2. The molecule has 8 heteroatoms. The predicted octanol–water partition coefficient (Wildman–Crippen LogP) is 2.82. The lowest BCUT2D eigenvalue weighted by atomic mass is 9.77. The van der Waals surface area contributed by atoms with Crippen LogP contribution in [0.5, 0.6) is 0 Å². The van der Waals surface area contributed by atoms with E-state index in [1.54, 1.807) is 4.90 Å². The summed E-state index contributed by atoms with van der Waals surface area (Å²) in [6, 6.07) is 0.0554. The van der Waals surface area contributed by atoms with Crippen molar-refractivity contribution in [2.24, 2.45) is 5.73 Å². The molecule has 0 spiro atoms. The summed E-state index contributed by atoms with van der Waals surface area (Å²) in [6.07, 6.45) is 1.72. The molecule has 2 aliphatic rings. The van der Waals surface area contributed by atoms with Crippen LogP contribution in [0.15, 0.2) is 0 Å². The Bertz CT molecular complexity index is 788. The highest BCUT2D eigenvalue weighted by molar-refractivity contribution is 5.95. The summed E-state index contributed by atoms with van der Waals surface area (Å²) in [6.45, 7) is 14.6. The third kappa shape index (κ3) is 4.27. The Morgan fingerprint density at radius 2 is 1.76 bits per heavy atom. The van der Waals surface area contributed by atoms with E-state index in [2.05, 4.69) is 37.9 Å². The average Bonchev–Trinajstić information content (AvgIpc) is 2.93. The molecule has 162 valence electrons. The highest BCUT2D eigenvalue weighted by Gasteiger charge is 2.48. The monoisotopic (exact) mass is 405 g/mol. The zero-order chi connectivity index (χ0) is 21.8. The number of likely N-dealkylation sites (tertiary alicyclic amines) is 1. The Hall–Kier alpha value is -2.09. The molecule has 0 aromatic carbocycles. The fourth-order valence-corrected chi connectivity index (χ4v) is 4.97. The summed E-state index contributed by atoms with van der Waals surface area (Å²) in [5.74, 6) is -0.115.